The molecule has 1 N–H and O–H groups in total. The van der Waals surface area contributed by atoms with Gasteiger partial charge < -0.3 is 19.7 Å². The van der Waals surface area contributed by atoms with E-state index in [0.717, 1.165) is 11.6 Å². The van der Waals surface area contributed by atoms with Gasteiger partial charge in [-0.1, -0.05) is 12.1 Å². The lowest BCUT2D eigenvalue weighted by atomic mass is 9.99. The van der Waals surface area contributed by atoms with Crippen molar-refractivity contribution in [2.75, 3.05) is 31.6 Å². The molecular formula is C25H20FN5O4. The maximum Gasteiger partial charge on any atom is 0.262 e. The summed E-state index contributed by atoms with van der Waals surface area (Å²) in [5, 5.41) is 7.22. The fourth-order valence-electron chi connectivity index (χ4n) is 4.27. The van der Waals surface area contributed by atoms with Crippen LogP contribution in [0.3, 0.4) is 0 Å². The predicted molar refractivity (Wildman–Crippen MR) is 124 cm³/mol. The molecule has 35 heavy (non-hydrogen) atoms. The molecular weight excluding hydrogens is 453 g/mol. The maximum absolute atomic E-state index is 14.6. The largest absolute Gasteiger partial charge is 0.488 e. The molecule has 6 rings (SSSR count). The fraction of sp³-hybridized carbons (Fsp3) is 0.200. The number of pyridine rings is 2. The minimum atomic E-state index is -0.684. The summed E-state index contributed by atoms with van der Waals surface area (Å²) in [6.07, 6.45) is 3.55. The smallest absolute Gasteiger partial charge is 0.262 e. The summed E-state index contributed by atoms with van der Waals surface area (Å²) in [4.78, 5) is 30.4. The van der Waals surface area contributed by atoms with E-state index in [1.807, 2.05) is 42.6 Å². The van der Waals surface area contributed by atoms with Crippen LogP contribution >= 0.6 is 0 Å². The molecule has 5 heterocycles. The number of aromatic nitrogens is 3. The number of nitrogens with zero attached hydrogens (tertiary/aromatic N) is 4. The Morgan fingerprint density at radius 2 is 2.06 bits per heavy atom. The summed E-state index contributed by atoms with van der Waals surface area (Å²) >= 11 is 0. The van der Waals surface area contributed by atoms with E-state index in [4.69, 9.17) is 9.47 Å². The zero-order valence-electron chi connectivity index (χ0n) is 18.5. The van der Waals surface area contributed by atoms with Gasteiger partial charge in [-0.25, -0.2) is 8.91 Å². The van der Waals surface area contributed by atoms with Crippen LogP contribution in [0.15, 0.2) is 60.9 Å². The monoisotopic (exact) mass is 473 g/mol. The Labute approximate surface area is 199 Å². The first kappa shape index (κ1) is 21.1. The first-order valence-electron chi connectivity index (χ1n) is 11.1. The molecule has 4 aromatic rings. The van der Waals surface area contributed by atoms with Crippen LogP contribution in [0.4, 0.5) is 10.1 Å². The average molecular weight is 473 g/mol. The Morgan fingerprint density at radius 1 is 1.20 bits per heavy atom. The first-order valence-corrected chi connectivity index (χ1v) is 11.1. The van der Waals surface area contributed by atoms with Crippen LogP contribution in [-0.2, 0) is 4.79 Å². The Bertz CT molecular complexity index is 1450. The molecule has 0 aliphatic carbocycles. The molecule has 0 radical (unpaired) electrons. The number of rotatable bonds is 5. The summed E-state index contributed by atoms with van der Waals surface area (Å²) in [6, 6.07) is 13.8. The number of benzene rings is 1. The molecule has 0 saturated carbocycles. The molecule has 2 amide bonds. The summed E-state index contributed by atoms with van der Waals surface area (Å²) in [5.74, 6) is -0.543. The molecule has 0 atom stereocenters. The molecule has 2 aliphatic heterocycles. The van der Waals surface area contributed by atoms with Gasteiger partial charge in [-0.15, -0.1) is 0 Å². The van der Waals surface area contributed by atoms with Gasteiger partial charge in [0.25, 0.3) is 11.8 Å². The lowest BCUT2D eigenvalue weighted by molar-refractivity contribution is -0.118. The van der Waals surface area contributed by atoms with E-state index in [1.54, 1.807) is 15.6 Å². The topological polar surface area (TPSA) is 98.1 Å². The van der Waals surface area contributed by atoms with Gasteiger partial charge in [0.2, 0.25) is 0 Å². The summed E-state index contributed by atoms with van der Waals surface area (Å²) in [6.45, 7) is 1.05. The lowest BCUT2D eigenvalue weighted by Crippen LogP contribution is -2.52. The molecule has 1 aromatic carbocycles. The molecule has 0 spiro atoms. The van der Waals surface area contributed by atoms with Crippen LogP contribution in [-0.4, -0.2) is 57.6 Å². The summed E-state index contributed by atoms with van der Waals surface area (Å²) < 4.78 is 27.7. The van der Waals surface area contributed by atoms with E-state index in [0.29, 0.717) is 42.5 Å². The third-order valence-electron chi connectivity index (χ3n) is 6.04. The molecule has 2 aliphatic rings. The van der Waals surface area contributed by atoms with Gasteiger partial charge in [-0.2, -0.15) is 5.10 Å². The highest BCUT2D eigenvalue weighted by Gasteiger charge is 2.34. The number of hydrogen-bond acceptors (Lipinski definition) is 6. The van der Waals surface area contributed by atoms with Crippen molar-refractivity contribution in [1.29, 1.82) is 0 Å². The zero-order valence-corrected chi connectivity index (χ0v) is 18.5. The predicted octanol–water partition coefficient (Wildman–Crippen LogP) is 3.02. The highest BCUT2D eigenvalue weighted by atomic mass is 19.1. The number of likely N-dealkylation sites (tertiary alicyclic amines) is 1. The molecule has 176 valence electrons. The van der Waals surface area contributed by atoms with Crippen LogP contribution in [0.1, 0.15) is 10.4 Å². The second kappa shape index (κ2) is 8.39. The number of halogens is 1. The van der Waals surface area contributed by atoms with Crippen molar-refractivity contribution in [3.05, 3.63) is 72.3 Å². The Morgan fingerprint density at radius 3 is 2.89 bits per heavy atom. The van der Waals surface area contributed by atoms with Crippen molar-refractivity contribution in [1.82, 2.24) is 19.5 Å². The number of ether oxygens (including phenoxy) is 2. The quantitative estimate of drug-likeness (QED) is 0.479. The summed E-state index contributed by atoms with van der Waals surface area (Å²) in [5.41, 5.74) is 2.36. The van der Waals surface area contributed by atoms with Crippen molar-refractivity contribution >= 4 is 23.0 Å². The van der Waals surface area contributed by atoms with E-state index >= 15 is 0 Å². The van der Waals surface area contributed by atoms with Gasteiger partial charge in [0.15, 0.2) is 18.1 Å². The fourth-order valence-corrected chi connectivity index (χ4v) is 4.27. The number of amides is 2. The maximum atomic E-state index is 14.6. The van der Waals surface area contributed by atoms with Crippen molar-refractivity contribution in [3.63, 3.8) is 0 Å². The Hall–Kier alpha value is -4.47. The SMILES string of the molecule is O=C1COc2cc(F)c(C(=O)N3CC(COc4c(-c5ccccn5)nn5ccccc45)C3)cc2N1. The molecule has 3 aromatic heterocycles. The van der Waals surface area contributed by atoms with Crippen molar-refractivity contribution < 1.29 is 23.5 Å². The van der Waals surface area contributed by atoms with E-state index in [2.05, 4.69) is 15.4 Å². The Kier molecular flexibility index (Phi) is 5.05. The highest BCUT2D eigenvalue weighted by molar-refractivity contribution is 6.00. The molecule has 1 saturated heterocycles. The van der Waals surface area contributed by atoms with Gasteiger partial charge in [-0.3, -0.25) is 14.6 Å². The minimum Gasteiger partial charge on any atom is -0.488 e. The normalized spacial score (nSPS) is 15.2. The third kappa shape index (κ3) is 3.82. The van der Waals surface area contributed by atoms with E-state index in [-0.39, 0.29) is 29.7 Å². The standard InChI is InChI=1S/C25H20FN5O4/c26-17-10-21-19(28-22(32)14-34-21)9-16(17)25(33)30-11-15(12-30)13-35-24-20-6-2-4-8-31(20)29-23(24)18-5-1-3-7-27-18/h1-10,15H,11-14H2,(H,28,32). The van der Waals surface area contributed by atoms with E-state index in [9.17, 15) is 14.0 Å². The van der Waals surface area contributed by atoms with Crippen LogP contribution in [0.25, 0.3) is 16.9 Å². The average Bonchev–Trinajstić information content (AvgIpc) is 3.22. The van der Waals surface area contributed by atoms with Gasteiger partial charge in [0.1, 0.15) is 17.1 Å². The van der Waals surface area contributed by atoms with Crippen LogP contribution < -0.4 is 14.8 Å². The van der Waals surface area contributed by atoms with Crippen LogP contribution in [0.5, 0.6) is 11.5 Å². The number of carbonyl (C=O) groups is 2. The number of hydrogen-bond donors (Lipinski definition) is 1. The van der Waals surface area contributed by atoms with Crippen LogP contribution in [0, 0.1) is 11.7 Å². The van der Waals surface area contributed by atoms with E-state index in [1.165, 1.54) is 6.07 Å². The summed E-state index contributed by atoms with van der Waals surface area (Å²) in [7, 11) is 0. The highest BCUT2D eigenvalue weighted by Crippen LogP contribution is 2.34. The van der Waals surface area contributed by atoms with Crippen molar-refractivity contribution in [2.45, 2.75) is 0 Å². The first-order chi connectivity index (χ1) is 17.1. The number of carbonyl (C=O) groups excluding carboxylic acids is 2. The van der Waals surface area contributed by atoms with E-state index < -0.39 is 11.7 Å². The van der Waals surface area contributed by atoms with Crippen molar-refractivity contribution in [2.24, 2.45) is 5.92 Å². The van der Waals surface area contributed by atoms with Gasteiger partial charge in [0.05, 0.1) is 23.6 Å². The van der Waals surface area contributed by atoms with Gasteiger partial charge in [0, 0.05) is 37.5 Å². The number of nitrogens with one attached hydrogen (secondary N) is 1. The zero-order chi connectivity index (χ0) is 23.9. The van der Waals surface area contributed by atoms with Crippen molar-refractivity contribution in [3.8, 4) is 22.9 Å². The number of fused-ring (bicyclic) bond motifs is 2. The third-order valence-corrected chi connectivity index (χ3v) is 6.04. The molecule has 0 unspecified atom stereocenters. The minimum absolute atomic E-state index is 0.0814. The molecule has 1 fully saturated rings. The molecule has 0 bridgehead atoms. The number of anilines is 1. The van der Waals surface area contributed by atoms with Gasteiger partial charge in [-0.05, 0) is 30.3 Å². The molecule has 9 nitrogen and oxygen atoms in total. The molecule has 10 heteroatoms. The Balaban J connectivity index is 1.15. The van der Waals surface area contributed by atoms with Crippen LogP contribution in [0.2, 0.25) is 0 Å². The second-order valence-corrected chi connectivity index (χ2v) is 8.48. The second-order valence-electron chi connectivity index (χ2n) is 8.48. The lowest BCUT2D eigenvalue weighted by Gasteiger charge is -2.39. The van der Waals surface area contributed by atoms with Gasteiger partial charge >= 0.3 is 0 Å².